The van der Waals surface area contributed by atoms with Crippen molar-refractivity contribution in [2.24, 2.45) is 0 Å². The molecular weight excluding hydrogens is 512 g/mol. The second-order valence-electron chi connectivity index (χ2n) is 8.59. The molecule has 0 saturated carbocycles. The molecule has 1 aromatic carbocycles. The van der Waals surface area contributed by atoms with E-state index < -0.39 is 26.6 Å². The molecule has 0 atom stereocenters. The zero-order valence-corrected chi connectivity index (χ0v) is 21.4. The molecule has 0 aliphatic rings. The second kappa shape index (κ2) is 10.1. The summed E-state index contributed by atoms with van der Waals surface area (Å²) < 4.78 is 59.7. The van der Waals surface area contributed by atoms with Crippen molar-refractivity contribution in [3.63, 3.8) is 0 Å². The maximum absolute atomic E-state index is 14.3. The number of nitrogens with zero attached hydrogens (tertiary/aromatic N) is 5. The molecule has 0 saturated heterocycles. The van der Waals surface area contributed by atoms with Crippen LogP contribution in [0.1, 0.15) is 19.2 Å². The summed E-state index contributed by atoms with van der Waals surface area (Å²) in [6.45, 7) is 4.65. The number of anilines is 3. The van der Waals surface area contributed by atoms with Crippen molar-refractivity contribution in [3.05, 3.63) is 90.8 Å². The van der Waals surface area contributed by atoms with Gasteiger partial charge < -0.3 is 0 Å². The Morgan fingerprint density at radius 3 is 2.63 bits per heavy atom. The first-order valence-electron chi connectivity index (χ1n) is 11.8. The molecule has 0 aliphatic heterocycles. The Morgan fingerprint density at radius 1 is 1.03 bits per heavy atom. The molecule has 38 heavy (non-hydrogen) atoms. The van der Waals surface area contributed by atoms with Crippen molar-refractivity contribution in [1.29, 1.82) is 0 Å². The Kier molecular flexibility index (Phi) is 6.72. The number of nitrogens with one attached hydrogen (secondary N) is 2. The van der Waals surface area contributed by atoms with Crippen LogP contribution in [0.25, 0.3) is 16.6 Å². The third-order valence-electron chi connectivity index (χ3n) is 5.80. The highest BCUT2D eigenvalue weighted by atomic mass is 32.2. The van der Waals surface area contributed by atoms with Gasteiger partial charge in [-0.2, -0.15) is 10.1 Å². The summed E-state index contributed by atoms with van der Waals surface area (Å²) >= 11 is 0. The monoisotopic (exact) mass is 536 g/mol. The quantitative estimate of drug-likeness (QED) is 0.281. The number of aromatic nitrogens is 5. The Balaban J connectivity index is 1.57. The first-order valence-corrected chi connectivity index (χ1v) is 13.3. The van der Waals surface area contributed by atoms with Gasteiger partial charge in [0.2, 0.25) is 5.82 Å². The number of fused-ring (bicyclic) bond motifs is 1. The summed E-state index contributed by atoms with van der Waals surface area (Å²) in [7, 11) is -4.36. The van der Waals surface area contributed by atoms with Crippen LogP contribution >= 0.6 is 0 Å². The highest BCUT2D eigenvalue weighted by Crippen LogP contribution is 2.29. The van der Waals surface area contributed by atoms with Gasteiger partial charge in [-0.3, -0.25) is 4.72 Å². The van der Waals surface area contributed by atoms with E-state index in [9.17, 15) is 17.2 Å². The summed E-state index contributed by atoms with van der Waals surface area (Å²) in [5, 5.41) is 7.60. The van der Waals surface area contributed by atoms with Gasteiger partial charge in [0, 0.05) is 36.2 Å². The zero-order chi connectivity index (χ0) is 26.9. The molecule has 194 valence electrons. The number of hydrogen-bond donors (Lipinski definition) is 2. The van der Waals surface area contributed by atoms with Gasteiger partial charge in [0.25, 0.3) is 15.8 Å². The van der Waals surface area contributed by atoms with Gasteiger partial charge in [-0.25, -0.2) is 36.6 Å². The van der Waals surface area contributed by atoms with E-state index in [0.29, 0.717) is 28.8 Å². The van der Waals surface area contributed by atoms with Crippen molar-refractivity contribution < 1.29 is 21.8 Å². The first kappa shape index (κ1) is 25.2. The van der Waals surface area contributed by atoms with Gasteiger partial charge in [0.15, 0.2) is 0 Å². The van der Waals surface area contributed by atoms with E-state index in [0.717, 1.165) is 36.5 Å². The van der Waals surface area contributed by atoms with E-state index in [4.69, 9.17) is 0 Å². The third kappa shape index (κ3) is 5.16. The van der Waals surface area contributed by atoms with Crippen LogP contribution in [0.2, 0.25) is 0 Å². The minimum Gasteiger partial charge on any atom is -0.277 e. The fraction of sp³-hybridized carbons (Fsp3) is 0.154. The van der Waals surface area contributed by atoms with E-state index in [1.807, 2.05) is 22.9 Å². The fourth-order valence-electron chi connectivity index (χ4n) is 4.07. The van der Waals surface area contributed by atoms with Gasteiger partial charge in [-0.05, 0) is 49.2 Å². The predicted octanol–water partition coefficient (Wildman–Crippen LogP) is 4.62. The minimum atomic E-state index is -4.36. The molecule has 0 unspecified atom stereocenters. The molecule has 12 heteroatoms. The lowest BCUT2D eigenvalue weighted by Gasteiger charge is -2.13. The Hall–Kier alpha value is -4.45. The molecule has 5 rings (SSSR count). The predicted molar refractivity (Wildman–Crippen MR) is 138 cm³/mol. The van der Waals surface area contributed by atoms with E-state index in [1.54, 1.807) is 37.5 Å². The first-order chi connectivity index (χ1) is 18.2. The molecule has 9 nitrogen and oxygen atoms in total. The zero-order valence-electron chi connectivity index (χ0n) is 20.6. The van der Waals surface area contributed by atoms with Gasteiger partial charge in [0.1, 0.15) is 22.4 Å². The average Bonchev–Trinajstić information content (AvgIpc) is 3.34. The lowest BCUT2D eigenvalue weighted by Crippen LogP contribution is -2.36. The van der Waals surface area contributed by atoms with Crippen LogP contribution in [-0.2, 0) is 16.6 Å². The Morgan fingerprint density at radius 2 is 1.87 bits per heavy atom. The molecule has 0 amide bonds. The van der Waals surface area contributed by atoms with Crippen LogP contribution in [0.4, 0.5) is 26.1 Å². The summed E-state index contributed by atoms with van der Waals surface area (Å²) in [6, 6.07) is 11.2. The molecule has 2 N–H and O–H groups in total. The van der Waals surface area contributed by atoms with E-state index >= 15 is 0 Å². The number of halogens is 2. The SMILES string of the molecule is CCC[n+]1ccc(-c2cc(NS(=O)(=O)c3ccc(F)cc3F)c3ccnn3c2)cc1Nc1ccnc(C)n1. The van der Waals surface area contributed by atoms with Crippen LogP contribution in [0.5, 0.6) is 0 Å². The van der Waals surface area contributed by atoms with Crippen molar-refractivity contribution in [1.82, 2.24) is 19.6 Å². The highest BCUT2D eigenvalue weighted by molar-refractivity contribution is 7.92. The normalized spacial score (nSPS) is 11.6. The van der Waals surface area contributed by atoms with Crippen LogP contribution < -0.4 is 14.6 Å². The van der Waals surface area contributed by atoms with Crippen LogP contribution in [-0.4, -0.2) is 28.0 Å². The molecule has 0 spiro atoms. The maximum Gasteiger partial charge on any atom is 0.281 e. The molecule has 5 aromatic rings. The molecule has 0 bridgehead atoms. The number of hydrogen-bond acceptors (Lipinski definition) is 6. The van der Waals surface area contributed by atoms with Crippen molar-refractivity contribution >= 4 is 32.9 Å². The number of benzene rings is 1. The standard InChI is InChI=1S/C26H23F2N7O2S/c1-3-11-34-12-8-18(14-26(34)32-25-7-9-29-17(2)31-25)19-13-22(23-6-10-30-35(23)16-19)33-38(36,37)24-5-4-20(27)15-21(24)28/h4-10,12-16,33H,3,11H2,1-2H3/p+1. The van der Waals surface area contributed by atoms with Crippen molar-refractivity contribution in [2.75, 3.05) is 10.0 Å². The fourth-order valence-corrected chi connectivity index (χ4v) is 5.20. The lowest BCUT2D eigenvalue weighted by atomic mass is 10.1. The van der Waals surface area contributed by atoms with Crippen LogP contribution in [0.3, 0.4) is 0 Å². The molecular formula is C26H24F2N7O2S+. The molecule has 0 fully saturated rings. The number of aryl methyl sites for hydroxylation is 2. The van der Waals surface area contributed by atoms with Crippen molar-refractivity contribution in [3.8, 4) is 11.1 Å². The lowest BCUT2D eigenvalue weighted by molar-refractivity contribution is -0.682. The molecule has 4 aromatic heterocycles. The van der Waals surface area contributed by atoms with Crippen molar-refractivity contribution in [2.45, 2.75) is 31.7 Å². The van der Waals surface area contributed by atoms with E-state index in [1.165, 1.54) is 10.7 Å². The third-order valence-corrected chi connectivity index (χ3v) is 7.20. The molecule has 4 heterocycles. The van der Waals surface area contributed by atoms with Crippen LogP contribution in [0, 0.1) is 18.6 Å². The van der Waals surface area contributed by atoms with E-state index in [-0.39, 0.29) is 5.69 Å². The summed E-state index contributed by atoms with van der Waals surface area (Å²) in [4.78, 5) is 7.90. The summed E-state index contributed by atoms with van der Waals surface area (Å²) in [6.07, 6.45) is 7.81. The van der Waals surface area contributed by atoms with Gasteiger partial charge in [-0.15, -0.1) is 0 Å². The Labute approximate surface area is 217 Å². The largest absolute Gasteiger partial charge is 0.281 e. The van der Waals surface area contributed by atoms with Gasteiger partial charge in [0.05, 0.1) is 30.1 Å². The maximum atomic E-state index is 14.3. The summed E-state index contributed by atoms with van der Waals surface area (Å²) in [5.74, 6) is -0.00729. The van der Waals surface area contributed by atoms with Crippen LogP contribution in [0.15, 0.2) is 78.2 Å². The summed E-state index contributed by atoms with van der Waals surface area (Å²) in [5.41, 5.74) is 2.09. The Bertz CT molecular complexity index is 1760. The van der Waals surface area contributed by atoms with Gasteiger partial charge >= 0.3 is 0 Å². The number of rotatable bonds is 8. The second-order valence-corrected chi connectivity index (χ2v) is 10.2. The molecule has 0 aliphatic carbocycles. The average molecular weight is 537 g/mol. The smallest absolute Gasteiger partial charge is 0.277 e. The molecule has 0 radical (unpaired) electrons. The minimum absolute atomic E-state index is 0.190. The number of sulfonamides is 1. The van der Waals surface area contributed by atoms with E-state index in [2.05, 4.69) is 32.0 Å². The highest BCUT2D eigenvalue weighted by Gasteiger charge is 2.22. The van der Waals surface area contributed by atoms with Gasteiger partial charge in [-0.1, -0.05) is 6.92 Å². The number of pyridine rings is 2. The topological polar surface area (TPSA) is 105 Å².